The molecule has 2 rings (SSSR count). The second-order valence-corrected chi connectivity index (χ2v) is 5.40. The van der Waals surface area contributed by atoms with Gasteiger partial charge in [-0.05, 0) is 37.5 Å². The van der Waals surface area contributed by atoms with Crippen molar-refractivity contribution in [3.05, 3.63) is 40.5 Å². The van der Waals surface area contributed by atoms with E-state index in [1.807, 2.05) is 37.4 Å². The SMILES string of the molecule is C[C@H]1CCC/C(=C/Nc2cccc(Br)c2)C1=O. The number of allylic oxidation sites excluding steroid dienone is 1. The van der Waals surface area contributed by atoms with E-state index in [1.165, 1.54) is 0 Å². The number of hydrogen-bond donors (Lipinski definition) is 1. The molecule has 0 radical (unpaired) electrons. The van der Waals surface area contributed by atoms with Gasteiger partial charge in [0.15, 0.2) is 5.78 Å². The van der Waals surface area contributed by atoms with E-state index in [4.69, 9.17) is 0 Å². The zero-order chi connectivity index (χ0) is 12.3. The van der Waals surface area contributed by atoms with Gasteiger partial charge in [-0.2, -0.15) is 0 Å². The van der Waals surface area contributed by atoms with E-state index in [1.54, 1.807) is 0 Å². The first-order valence-corrected chi connectivity index (χ1v) is 6.71. The number of carbonyl (C=O) groups is 1. The Morgan fingerprint density at radius 2 is 2.29 bits per heavy atom. The third-order valence-electron chi connectivity index (χ3n) is 3.09. The van der Waals surface area contributed by atoms with Gasteiger partial charge < -0.3 is 5.32 Å². The molecule has 0 aromatic heterocycles. The summed E-state index contributed by atoms with van der Waals surface area (Å²) in [5, 5.41) is 3.19. The van der Waals surface area contributed by atoms with Crippen molar-refractivity contribution in [3.8, 4) is 0 Å². The van der Waals surface area contributed by atoms with Gasteiger partial charge >= 0.3 is 0 Å². The van der Waals surface area contributed by atoms with Crippen LogP contribution < -0.4 is 5.32 Å². The lowest BCUT2D eigenvalue weighted by atomic mass is 9.86. The van der Waals surface area contributed by atoms with Gasteiger partial charge in [-0.1, -0.05) is 28.9 Å². The average Bonchev–Trinajstić information content (AvgIpc) is 2.31. The molecule has 1 aromatic carbocycles. The molecule has 3 heteroatoms. The highest BCUT2D eigenvalue weighted by molar-refractivity contribution is 9.10. The molecule has 0 aliphatic heterocycles. The van der Waals surface area contributed by atoms with Gasteiger partial charge in [0.05, 0.1) is 0 Å². The van der Waals surface area contributed by atoms with Gasteiger partial charge in [-0.3, -0.25) is 4.79 Å². The Morgan fingerprint density at radius 1 is 1.47 bits per heavy atom. The molecule has 1 N–H and O–H groups in total. The lowest BCUT2D eigenvalue weighted by Crippen LogP contribution is -2.19. The highest BCUT2D eigenvalue weighted by atomic mass is 79.9. The standard InChI is InChI=1S/C14H16BrNO/c1-10-4-2-5-11(14(10)17)9-16-13-7-3-6-12(15)8-13/h3,6-10,16H,2,4-5H2,1H3/b11-9-/t10-/m0/s1. The third kappa shape index (κ3) is 3.19. The molecule has 17 heavy (non-hydrogen) atoms. The van der Waals surface area contributed by atoms with Crippen molar-refractivity contribution in [3.63, 3.8) is 0 Å². The van der Waals surface area contributed by atoms with Crippen molar-refractivity contribution in [2.75, 3.05) is 5.32 Å². The van der Waals surface area contributed by atoms with E-state index in [0.717, 1.165) is 35.0 Å². The molecule has 1 fully saturated rings. The molecule has 0 amide bonds. The fourth-order valence-corrected chi connectivity index (χ4v) is 2.46. The van der Waals surface area contributed by atoms with Crippen molar-refractivity contribution in [2.45, 2.75) is 26.2 Å². The number of nitrogens with one attached hydrogen (secondary N) is 1. The summed E-state index contributed by atoms with van der Waals surface area (Å²) in [6.45, 7) is 2.01. The van der Waals surface area contributed by atoms with Gasteiger partial charge in [0.1, 0.15) is 0 Å². The van der Waals surface area contributed by atoms with Crippen LogP contribution in [0.4, 0.5) is 5.69 Å². The first kappa shape index (κ1) is 12.4. The van der Waals surface area contributed by atoms with Crippen LogP contribution in [0, 0.1) is 5.92 Å². The van der Waals surface area contributed by atoms with Crippen molar-refractivity contribution in [1.82, 2.24) is 0 Å². The molecule has 0 heterocycles. The zero-order valence-electron chi connectivity index (χ0n) is 9.87. The first-order chi connectivity index (χ1) is 8.16. The number of benzene rings is 1. The predicted molar refractivity (Wildman–Crippen MR) is 73.9 cm³/mol. The monoisotopic (exact) mass is 293 g/mol. The minimum absolute atomic E-state index is 0.180. The Morgan fingerprint density at radius 3 is 3.06 bits per heavy atom. The first-order valence-electron chi connectivity index (χ1n) is 5.92. The molecule has 0 unspecified atom stereocenters. The van der Waals surface area contributed by atoms with Crippen molar-refractivity contribution < 1.29 is 4.79 Å². The summed E-state index contributed by atoms with van der Waals surface area (Å²) < 4.78 is 1.03. The average molecular weight is 294 g/mol. The number of hydrogen-bond acceptors (Lipinski definition) is 2. The van der Waals surface area contributed by atoms with Crippen LogP contribution in [-0.2, 0) is 4.79 Å². The molecule has 0 spiro atoms. The minimum atomic E-state index is 0.180. The summed E-state index contributed by atoms with van der Waals surface area (Å²) in [5.41, 5.74) is 1.92. The van der Waals surface area contributed by atoms with E-state index in [-0.39, 0.29) is 5.92 Å². The van der Waals surface area contributed by atoms with Gasteiger partial charge in [-0.25, -0.2) is 0 Å². The van der Waals surface area contributed by atoms with Crippen LogP contribution in [-0.4, -0.2) is 5.78 Å². The lowest BCUT2D eigenvalue weighted by Gasteiger charge is -2.19. The van der Waals surface area contributed by atoms with E-state index >= 15 is 0 Å². The topological polar surface area (TPSA) is 29.1 Å². The Balaban J connectivity index is 2.07. The number of ketones is 1. The molecule has 90 valence electrons. The van der Waals surface area contributed by atoms with Crippen LogP contribution in [0.15, 0.2) is 40.5 Å². The zero-order valence-corrected chi connectivity index (χ0v) is 11.5. The van der Waals surface area contributed by atoms with Crippen molar-refractivity contribution in [2.24, 2.45) is 5.92 Å². The molecular weight excluding hydrogens is 278 g/mol. The van der Waals surface area contributed by atoms with Gasteiger partial charge in [0.2, 0.25) is 0 Å². The molecule has 1 atom stereocenters. The molecule has 1 saturated carbocycles. The van der Waals surface area contributed by atoms with E-state index in [0.29, 0.717) is 5.78 Å². The molecular formula is C14H16BrNO. The maximum atomic E-state index is 11.9. The van der Waals surface area contributed by atoms with Gasteiger partial charge in [-0.15, -0.1) is 0 Å². The summed E-state index contributed by atoms with van der Waals surface area (Å²) >= 11 is 3.42. The van der Waals surface area contributed by atoms with Crippen LogP contribution in [0.2, 0.25) is 0 Å². The van der Waals surface area contributed by atoms with Crippen molar-refractivity contribution in [1.29, 1.82) is 0 Å². The quantitative estimate of drug-likeness (QED) is 0.831. The summed E-state index contributed by atoms with van der Waals surface area (Å²) in [7, 11) is 0. The van der Waals surface area contributed by atoms with Crippen LogP contribution in [0.1, 0.15) is 26.2 Å². The number of carbonyl (C=O) groups excluding carboxylic acids is 1. The molecule has 1 aliphatic rings. The smallest absolute Gasteiger partial charge is 0.163 e. The Hall–Kier alpha value is -1.09. The molecule has 2 nitrogen and oxygen atoms in total. The van der Waals surface area contributed by atoms with Gasteiger partial charge in [0.25, 0.3) is 0 Å². The van der Waals surface area contributed by atoms with E-state index in [2.05, 4.69) is 21.2 Å². The number of Topliss-reactive ketones (excluding diaryl/α,β-unsaturated/α-hetero) is 1. The van der Waals surface area contributed by atoms with Crippen LogP contribution in [0.25, 0.3) is 0 Å². The number of rotatable bonds is 2. The lowest BCUT2D eigenvalue weighted by molar-refractivity contribution is -0.119. The largest absolute Gasteiger partial charge is 0.361 e. The Labute approximate surface area is 110 Å². The summed E-state index contributed by atoms with van der Waals surface area (Å²) in [5.74, 6) is 0.470. The minimum Gasteiger partial charge on any atom is -0.361 e. The van der Waals surface area contributed by atoms with Crippen LogP contribution >= 0.6 is 15.9 Å². The van der Waals surface area contributed by atoms with Crippen LogP contribution in [0.5, 0.6) is 0 Å². The molecule has 0 saturated heterocycles. The fourth-order valence-electron chi connectivity index (χ4n) is 2.06. The van der Waals surface area contributed by atoms with E-state index in [9.17, 15) is 4.79 Å². The maximum Gasteiger partial charge on any atom is 0.163 e. The second-order valence-electron chi connectivity index (χ2n) is 4.48. The second kappa shape index (κ2) is 5.50. The Kier molecular flexibility index (Phi) is 4.00. The number of halogens is 1. The summed E-state index contributed by atoms with van der Waals surface area (Å²) in [6.07, 6.45) is 4.88. The molecule has 1 aliphatic carbocycles. The fraction of sp³-hybridized carbons (Fsp3) is 0.357. The Bertz CT molecular complexity index is 453. The summed E-state index contributed by atoms with van der Waals surface area (Å²) in [6, 6.07) is 7.93. The highest BCUT2D eigenvalue weighted by Crippen LogP contribution is 2.25. The molecule has 0 bridgehead atoms. The van der Waals surface area contributed by atoms with Crippen molar-refractivity contribution >= 4 is 27.4 Å². The summed E-state index contributed by atoms with van der Waals surface area (Å²) in [4.78, 5) is 11.9. The molecule has 1 aromatic rings. The highest BCUT2D eigenvalue weighted by Gasteiger charge is 2.22. The van der Waals surface area contributed by atoms with Crippen LogP contribution in [0.3, 0.4) is 0 Å². The predicted octanol–water partition coefficient (Wildman–Crippen LogP) is 4.13. The van der Waals surface area contributed by atoms with Gasteiger partial charge in [0, 0.05) is 27.9 Å². The number of anilines is 1. The normalized spacial score (nSPS) is 22.8. The van der Waals surface area contributed by atoms with E-state index < -0.39 is 0 Å². The maximum absolute atomic E-state index is 11.9. The third-order valence-corrected chi connectivity index (χ3v) is 3.58.